The van der Waals surface area contributed by atoms with Crippen LogP contribution in [0.4, 0.5) is 23.2 Å². The summed E-state index contributed by atoms with van der Waals surface area (Å²) in [7, 11) is 0. The first-order valence-corrected chi connectivity index (χ1v) is 7.09. The van der Waals surface area contributed by atoms with Gasteiger partial charge in [-0.1, -0.05) is 6.07 Å². The summed E-state index contributed by atoms with van der Waals surface area (Å²) in [5.41, 5.74) is 0.613. The highest BCUT2D eigenvalue weighted by Crippen LogP contribution is 2.33. The van der Waals surface area contributed by atoms with Crippen molar-refractivity contribution in [3.63, 3.8) is 0 Å². The molecule has 2 heterocycles. The van der Waals surface area contributed by atoms with Gasteiger partial charge in [0.25, 0.3) is 5.82 Å². The summed E-state index contributed by atoms with van der Waals surface area (Å²) in [6, 6.07) is 3.63. The Kier molecular flexibility index (Phi) is 4.15. The monoisotopic (exact) mass is 357 g/mol. The average Bonchev–Trinajstić information content (AvgIpc) is 3.00. The number of nitrogens with zero attached hydrogens (tertiary/aromatic N) is 2. The van der Waals surface area contributed by atoms with Gasteiger partial charge >= 0.3 is 6.18 Å². The molecule has 132 valence electrons. The van der Waals surface area contributed by atoms with E-state index < -0.39 is 35.6 Å². The summed E-state index contributed by atoms with van der Waals surface area (Å²) in [4.78, 5) is 27.2. The quantitative estimate of drug-likeness (QED) is 0.728. The Hall–Kier alpha value is -2.98. The van der Waals surface area contributed by atoms with Gasteiger partial charge in [0.15, 0.2) is 0 Å². The van der Waals surface area contributed by atoms with Gasteiger partial charge in [0.2, 0.25) is 11.8 Å². The predicted molar refractivity (Wildman–Crippen MR) is 75.6 cm³/mol. The number of carbonyl (C=O) groups excluding carboxylic acids is 2. The van der Waals surface area contributed by atoms with Gasteiger partial charge in [0, 0.05) is 12.1 Å². The maximum absolute atomic E-state index is 13.3. The first-order valence-electron chi connectivity index (χ1n) is 7.09. The number of hydrogen-bond donors (Lipinski definition) is 3. The van der Waals surface area contributed by atoms with Crippen LogP contribution in [0.5, 0.6) is 0 Å². The maximum Gasteiger partial charge on any atom is 0.453 e. The van der Waals surface area contributed by atoms with Crippen molar-refractivity contribution >= 4 is 17.5 Å². The number of H-pyrrole nitrogens is 1. The molecule has 1 atom stereocenters. The molecule has 1 aromatic carbocycles. The largest absolute Gasteiger partial charge is 0.453 e. The molecule has 25 heavy (non-hydrogen) atoms. The van der Waals surface area contributed by atoms with Gasteiger partial charge in [-0.25, -0.2) is 9.37 Å². The van der Waals surface area contributed by atoms with Crippen LogP contribution >= 0.6 is 0 Å². The Bertz CT molecular complexity index is 833. The van der Waals surface area contributed by atoms with Gasteiger partial charge in [-0.3, -0.25) is 14.7 Å². The Labute approximate surface area is 137 Å². The van der Waals surface area contributed by atoms with E-state index in [2.05, 4.69) is 25.8 Å². The molecular weight excluding hydrogens is 346 g/mol. The van der Waals surface area contributed by atoms with Crippen LogP contribution < -0.4 is 10.6 Å². The number of amides is 2. The minimum atomic E-state index is -4.69. The highest BCUT2D eigenvalue weighted by Gasteiger charge is 2.36. The maximum atomic E-state index is 13.3. The lowest BCUT2D eigenvalue weighted by Gasteiger charge is -2.24. The number of fused-ring (bicyclic) bond motifs is 1. The third-order valence-corrected chi connectivity index (χ3v) is 3.59. The number of rotatable bonds is 3. The van der Waals surface area contributed by atoms with E-state index in [-0.39, 0.29) is 24.5 Å². The van der Waals surface area contributed by atoms with Crippen LogP contribution in [0.2, 0.25) is 0 Å². The molecule has 7 nitrogen and oxygen atoms in total. The van der Waals surface area contributed by atoms with Gasteiger partial charge in [0.1, 0.15) is 11.6 Å². The lowest BCUT2D eigenvalue weighted by atomic mass is 9.89. The van der Waals surface area contributed by atoms with Crippen molar-refractivity contribution in [2.24, 2.45) is 0 Å². The number of halogens is 4. The van der Waals surface area contributed by atoms with E-state index in [0.717, 1.165) is 12.1 Å². The fourth-order valence-corrected chi connectivity index (χ4v) is 2.47. The molecular formula is C14H11F4N5O2. The van der Waals surface area contributed by atoms with Crippen LogP contribution in [-0.2, 0) is 22.3 Å². The molecule has 0 bridgehead atoms. The molecule has 1 aliphatic rings. The van der Waals surface area contributed by atoms with Gasteiger partial charge < -0.3 is 10.6 Å². The number of aromatic nitrogens is 3. The predicted octanol–water partition coefficient (Wildman–Crippen LogP) is 1.70. The Morgan fingerprint density at radius 2 is 2.12 bits per heavy atom. The fraction of sp³-hybridized carbons (Fsp3) is 0.286. The Morgan fingerprint density at radius 3 is 2.80 bits per heavy atom. The lowest BCUT2D eigenvalue weighted by Crippen LogP contribution is -2.35. The zero-order valence-electron chi connectivity index (χ0n) is 12.4. The highest BCUT2D eigenvalue weighted by atomic mass is 19.4. The summed E-state index contributed by atoms with van der Waals surface area (Å²) >= 11 is 0. The topological polar surface area (TPSA) is 99.8 Å². The first-order chi connectivity index (χ1) is 11.7. The molecule has 0 spiro atoms. The molecule has 3 N–H and O–H groups in total. The van der Waals surface area contributed by atoms with Crippen molar-refractivity contribution in [3.05, 3.63) is 41.2 Å². The molecule has 0 saturated carbocycles. The smallest absolute Gasteiger partial charge is 0.348 e. The molecule has 0 aliphatic carbocycles. The molecule has 0 radical (unpaired) electrons. The summed E-state index contributed by atoms with van der Waals surface area (Å²) in [6.45, 7) is -0.323. The molecule has 1 unspecified atom stereocenters. The zero-order chi connectivity index (χ0) is 18.2. The van der Waals surface area contributed by atoms with Crippen molar-refractivity contribution < 1.29 is 27.2 Å². The molecule has 0 fully saturated rings. The molecule has 0 saturated heterocycles. The number of alkyl halides is 3. The minimum Gasteiger partial charge on any atom is -0.348 e. The van der Waals surface area contributed by atoms with Gasteiger partial charge in [-0.05, 0) is 17.7 Å². The fourth-order valence-electron chi connectivity index (χ4n) is 2.47. The van der Waals surface area contributed by atoms with E-state index in [1.165, 1.54) is 6.07 Å². The third-order valence-electron chi connectivity index (χ3n) is 3.59. The number of benzene rings is 1. The van der Waals surface area contributed by atoms with Crippen LogP contribution in [0, 0.1) is 5.82 Å². The summed E-state index contributed by atoms with van der Waals surface area (Å²) in [5, 5.41) is 9.96. The molecule has 2 amide bonds. The van der Waals surface area contributed by atoms with Gasteiger partial charge in [0.05, 0.1) is 12.5 Å². The average molecular weight is 357 g/mol. The van der Waals surface area contributed by atoms with E-state index in [4.69, 9.17) is 0 Å². The Morgan fingerprint density at radius 1 is 1.36 bits per heavy atom. The number of nitrogens with one attached hydrogen (secondary N) is 3. The van der Waals surface area contributed by atoms with Crippen molar-refractivity contribution in [2.45, 2.75) is 25.1 Å². The van der Waals surface area contributed by atoms with Crippen LogP contribution in [0.3, 0.4) is 0 Å². The van der Waals surface area contributed by atoms with Crippen molar-refractivity contribution in [1.82, 2.24) is 20.5 Å². The van der Waals surface area contributed by atoms with Crippen LogP contribution in [0.15, 0.2) is 18.2 Å². The highest BCUT2D eigenvalue weighted by molar-refractivity contribution is 6.01. The lowest BCUT2D eigenvalue weighted by molar-refractivity contribution is -0.144. The van der Waals surface area contributed by atoms with E-state index in [0.29, 0.717) is 5.56 Å². The van der Waals surface area contributed by atoms with Crippen LogP contribution in [-0.4, -0.2) is 27.0 Å². The molecule has 3 rings (SSSR count). The number of hydrogen-bond acceptors (Lipinski definition) is 4. The second kappa shape index (κ2) is 6.15. The van der Waals surface area contributed by atoms with Crippen molar-refractivity contribution in [2.75, 3.05) is 5.32 Å². The van der Waals surface area contributed by atoms with E-state index in [1.54, 1.807) is 0 Å². The van der Waals surface area contributed by atoms with Gasteiger partial charge in [-0.2, -0.15) is 13.2 Å². The summed E-state index contributed by atoms with van der Waals surface area (Å²) < 4.78 is 50.5. The van der Waals surface area contributed by atoms with Gasteiger partial charge in [-0.15, -0.1) is 5.10 Å². The number of aromatic amines is 1. The second-order valence-electron chi connectivity index (χ2n) is 5.36. The zero-order valence-corrected chi connectivity index (χ0v) is 12.4. The molecule has 1 aliphatic heterocycles. The third kappa shape index (κ3) is 3.59. The molecule has 2 aromatic rings. The Balaban J connectivity index is 1.72. The second-order valence-corrected chi connectivity index (χ2v) is 5.36. The van der Waals surface area contributed by atoms with E-state index in [1.807, 2.05) is 0 Å². The van der Waals surface area contributed by atoms with E-state index in [9.17, 15) is 27.2 Å². The van der Waals surface area contributed by atoms with Crippen molar-refractivity contribution in [3.8, 4) is 0 Å². The standard InChI is InChI=1S/C14H11F4N5O2/c15-6-1-2-7-8(4-11(24)20-9(7)3-6)12(25)19-5-10-21-13(23-22-10)14(16,17)18/h1-3,8H,4-5H2,(H,19,25)(H,20,24)(H,21,22,23). The number of anilines is 1. The minimum absolute atomic E-state index is 0.158. The molecule has 11 heteroatoms. The SMILES string of the molecule is O=C1CC(C(=O)NCc2nc(C(F)(F)F)n[nH]2)c2ccc(F)cc2N1. The van der Waals surface area contributed by atoms with E-state index >= 15 is 0 Å². The normalized spacial score (nSPS) is 17.0. The number of carbonyl (C=O) groups is 2. The van der Waals surface area contributed by atoms with Crippen molar-refractivity contribution in [1.29, 1.82) is 0 Å². The summed E-state index contributed by atoms with van der Waals surface area (Å²) in [6.07, 6.45) is -4.85. The van der Waals surface area contributed by atoms with Crippen LogP contribution in [0.25, 0.3) is 0 Å². The summed E-state index contributed by atoms with van der Waals surface area (Å²) in [5.74, 6) is -4.02. The first kappa shape index (κ1) is 16.9. The molecule has 1 aromatic heterocycles. The van der Waals surface area contributed by atoms with Crippen LogP contribution in [0.1, 0.15) is 29.6 Å².